The van der Waals surface area contributed by atoms with Crippen molar-refractivity contribution in [3.63, 3.8) is 0 Å². The normalized spacial score (nSPS) is 12.8. The number of hydrogen-bond donors (Lipinski definition) is 2. The first kappa shape index (κ1) is 20.5. The van der Waals surface area contributed by atoms with Crippen LogP contribution in [-0.4, -0.2) is 21.8 Å². The summed E-state index contributed by atoms with van der Waals surface area (Å²) < 4.78 is 0. The maximum atomic E-state index is 13.4. The Balaban J connectivity index is 1.76. The van der Waals surface area contributed by atoms with Gasteiger partial charge in [-0.2, -0.15) is 0 Å². The standard InChI is InChI=1S/C24H14ClN3O5/c25-13-8-10-14(11-9-13)26-22-15-4-3-5-16-21(15)17(12-19(22)28(32)33)24(31)27(23(16)30)18-6-1-2-7-20(18)29/h1-12,26,29H. The largest absolute Gasteiger partial charge is 0.506 e. The zero-order chi connectivity index (χ0) is 23.3. The van der Waals surface area contributed by atoms with Crippen molar-refractivity contribution >= 4 is 56.9 Å². The van der Waals surface area contributed by atoms with E-state index >= 15 is 0 Å². The average Bonchev–Trinajstić information content (AvgIpc) is 2.80. The van der Waals surface area contributed by atoms with Crippen LogP contribution in [0.2, 0.25) is 5.02 Å². The predicted octanol–water partition coefficient (Wildman–Crippen LogP) is 5.65. The molecule has 2 N–H and O–H groups in total. The minimum absolute atomic E-state index is 0.00109. The summed E-state index contributed by atoms with van der Waals surface area (Å²) in [5.41, 5.74) is 0.564. The molecule has 8 nitrogen and oxygen atoms in total. The third kappa shape index (κ3) is 3.24. The van der Waals surface area contributed by atoms with Crippen LogP contribution < -0.4 is 10.2 Å². The van der Waals surface area contributed by atoms with Gasteiger partial charge in [0.1, 0.15) is 11.4 Å². The number of halogens is 1. The number of aromatic hydroxyl groups is 1. The van der Waals surface area contributed by atoms with Crippen molar-refractivity contribution < 1.29 is 19.6 Å². The molecule has 0 aliphatic carbocycles. The number of anilines is 3. The van der Waals surface area contributed by atoms with Crippen molar-refractivity contribution in [3.8, 4) is 5.75 Å². The van der Waals surface area contributed by atoms with Crippen LogP contribution in [0, 0.1) is 10.1 Å². The molecule has 0 saturated carbocycles. The van der Waals surface area contributed by atoms with Crippen LogP contribution in [0.15, 0.2) is 72.8 Å². The van der Waals surface area contributed by atoms with Gasteiger partial charge in [-0.25, -0.2) is 4.90 Å². The Morgan fingerprint density at radius 2 is 1.61 bits per heavy atom. The Morgan fingerprint density at radius 1 is 0.909 bits per heavy atom. The summed E-state index contributed by atoms with van der Waals surface area (Å²) >= 11 is 5.93. The minimum Gasteiger partial charge on any atom is -0.506 e. The number of imide groups is 1. The fourth-order valence-corrected chi connectivity index (χ4v) is 4.10. The topological polar surface area (TPSA) is 113 Å². The van der Waals surface area contributed by atoms with E-state index in [2.05, 4.69) is 5.32 Å². The van der Waals surface area contributed by atoms with Crippen molar-refractivity contribution in [2.45, 2.75) is 0 Å². The van der Waals surface area contributed by atoms with Crippen molar-refractivity contribution in [2.75, 3.05) is 10.2 Å². The third-order valence-electron chi connectivity index (χ3n) is 5.44. The molecule has 0 bridgehead atoms. The predicted molar refractivity (Wildman–Crippen MR) is 125 cm³/mol. The van der Waals surface area contributed by atoms with E-state index in [0.717, 1.165) is 11.0 Å². The van der Waals surface area contributed by atoms with E-state index in [-0.39, 0.29) is 33.9 Å². The number of phenolic OH excluding ortho intramolecular Hbond substituents is 1. The summed E-state index contributed by atoms with van der Waals surface area (Å²) in [6, 6.07) is 18.4. The molecule has 4 aromatic carbocycles. The van der Waals surface area contributed by atoms with E-state index in [1.54, 1.807) is 54.6 Å². The monoisotopic (exact) mass is 459 g/mol. The first-order valence-corrected chi connectivity index (χ1v) is 10.2. The maximum absolute atomic E-state index is 13.4. The molecular formula is C24H14ClN3O5. The van der Waals surface area contributed by atoms with E-state index in [1.807, 2.05) is 0 Å². The van der Waals surface area contributed by atoms with Crippen LogP contribution in [0.5, 0.6) is 5.75 Å². The molecule has 33 heavy (non-hydrogen) atoms. The van der Waals surface area contributed by atoms with Gasteiger partial charge >= 0.3 is 0 Å². The first-order chi connectivity index (χ1) is 15.9. The highest BCUT2D eigenvalue weighted by atomic mass is 35.5. The molecule has 2 amide bonds. The Morgan fingerprint density at radius 3 is 2.30 bits per heavy atom. The second-order valence-electron chi connectivity index (χ2n) is 7.37. The lowest BCUT2D eigenvalue weighted by Crippen LogP contribution is -2.40. The van der Waals surface area contributed by atoms with Crippen molar-refractivity contribution in [1.82, 2.24) is 0 Å². The average molecular weight is 460 g/mol. The Bertz CT molecular complexity index is 1480. The van der Waals surface area contributed by atoms with Gasteiger partial charge in [-0.1, -0.05) is 35.9 Å². The highest BCUT2D eigenvalue weighted by Crippen LogP contribution is 2.43. The second kappa shape index (κ2) is 7.61. The number of nitro benzene ring substituents is 1. The number of carbonyl (C=O) groups is 2. The van der Waals surface area contributed by atoms with Gasteiger partial charge in [0.2, 0.25) is 0 Å². The number of benzene rings is 4. The summed E-state index contributed by atoms with van der Waals surface area (Å²) in [7, 11) is 0. The number of para-hydroxylation sites is 2. The smallest absolute Gasteiger partial charge is 0.294 e. The number of hydrogen-bond acceptors (Lipinski definition) is 6. The molecule has 0 radical (unpaired) electrons. The van der Waals surface area contributed by atoms with Crippen molar-refractivity contribution in [2.24, 2.45) is 0 Å². The summed E-state index contributed by atoms with van der Waals surface area (Å²) in [6.07, 6.45) is 0. The van der Waals surface area contributed by atoms with Gasteiger partial charge in [0.05, 0.1) is 16.2 Å². The molecule has 0 saturated heterocycles. The highest BCUT2D eigenvalue weighted by molar-refractivity contribution is 6.37. The molecule has 1 aliphatic heterocycles. The molecule has 0 unspecified atom stereocenters. The van der Waals surface area contributed by atoms with E-state index in [9.17, 15) is 24.8 Å². The van der Waals surface area contributed by atoms with E-state index in [4.69, 9.17) is 11.6 Å². The number of carbonyl (C=O) groups excluding carboxylic acids is 2. The number of nitrogens with one attached hydrogen (secondary N) is 1. The van der Waals surface area contributed by atoms with Crippen LogP contribution in [0.1, 0.15) is 20.7 Å². The quantitative estimate of drug-likeness (QED) is 0.231. The number of nitrogens with zero attached hydrogens (tertiary/aromatic N) is 2. The van der Waals surface area contributed by atoms with Gasteiger partial charge in [0, 0.05) is 33.1 Å². The number of amides is 2. The van der Waals surface area contributed by atoms with Crippen LogP contribution in [0.25, 0.3) is 10.8 Å². The zero-order valence-electron chi connectivity index (χ0n) is 16.8. The SMILES string of the molecule is O=C1c2cccc3c(Nc4ccc(Cl)cc4)c([N+](=O)[O-])cc(c23)C(=O)N1c1ccccc1O. The fourth-order valence-electron chi connectivity index (χ4n) is 3.97. The van der Waals surface area contributed by atoms with Crippen LogP contribution in [-0.2, 0) is 0 Å². The van der Waals surface area contributed by atoms with Gasteiger partial charge in [-0.3, -0.25) is 19.7 Å². The molecule has 0 atom stereocenters. The van der Waals surface area contributed by atoms with Gasteiger partial charge < -0.3 is 10.4 Å². The van der Waals surface area contributed by atoms with Gasteiger partial charge in [0.15, 0.2) is 0 Å². The van der Waals surface area contributed by atoms with Gasteiger partial charge in [-0.15, -0.1) is 0 Å². The van der Waals surface area contributed by atoms with E-state index in [0.29, 0.717) is 21.5 Å². The van der Waals surface area contributed by atoms with E-state index < -0.39 is 16.7 Å². The first-order valence-electron chi connectivity index (χ1n) is 9.80. The summed E-state index contributed by atoms with van der Waals surface area (Å²) in [5.74, 6) is -1.65. The van der Waals surface area contributed by atoms with Crippen molar-refractivity contribution in [3.05, 3.63) is 99.1 Å². The Labute approximate surface area is 191 Å². The van der Waals surface area contributed by atoms with Crippen LogP contribution >= 0.6 is 11.6 Å². The van der Waals surface area contributed by atoms with Crippen LogP contribution in [0.4, 0.5) is 22.7 Å². The lowest BCUT2D eigenvalue weighted by Gasteiger charge is -2.28. The zero-order valence-corrected chi connectivity index (χ0v) is 17.5. The lowest BCUT2D eigenvalue weighted by molar-refractivity contribution is -0.383. The summed E-state index contributed by atoms with van der Waals surface area (Å²) in [4.78, 5) is 38.9. The van der Waals surface area contributed by atoms with Gasteiger partial charge in [0.25, 0.3) is 17.5 Å². The molecular weight excluding hydrogens is 446 g/mol. The van der Waals surface area contributed by atoms with Crippen LogP contribution in [0.3, 0.4) is 0 Å². The maximum Gasteiger partial charge on any atom is 0.294 e. The summed E-state index contributed by atoms with van der Waals surface area (Å²) in [6.45, 7) is 0. The lowest BCUT2D eigenvalue weighted by atomic mass is 9.91. The molecule has 162 valence electrons. The molecule has 5 rings (SSSR count). The fraction of sp³-hybridized carbons (Fsp3) is 0. The van der Waals surface area contributed by atoms with Gasteiger partial charge in [-0.05, 0) is 42.5 Å². The molecule has 0 aromatic heterocycles. The van der Waals surface area contributed by atoms with E-state index in [1.165, 1.54) is 12.1 Å². The molecule has 0 fully saturated rings. The minimum atomic E-state index is -0.758. The Kier molecular flexibility index (Phi) is 4.72. The third-order valence-corrected chi connectivity index (χ3v) is 5.69. The van der Waals surface area contributed by atoms with Crippen molar-refractivity contribution in [1.29, 1.82) is 0 Å². The second-order valence-corrected chi connectivity index (χ2v) is 7.81. The highest BCUT2D eigenvalue weighted by Gasteiger charge is 2.38. The molecule has 1 aliphatic rings. The number of rotatable bonds is 4. The molecule has 9 heteroatoms. The summed E-state index contributed by atoms with van der Waals surface area (Å²) in [5, 5.41) is 26.4. The Hall–Kier alpha value is -4.43. The molecule has 4 aromatic rings. The number of phenols is 1. The number of nitro groups is 1. The molecule has 1 heterocycles. The molecule has 0 spiro atoms.